The molecule has 1 aromatic heterocycles. The monoisotopic (exact) mass is 311 g/mol. The molecule has 0 aromatic carbocycles. The lowest BCUT2D eigenvalue weighted by molar-refractivity contribution is 0.144. The van der Waals surface area contributed by atoms with Crippen LogP contribution in [-0.4, -0.2) is 56.9 Å². The Hall–Kier alpha value is -1.11. The number of hydrogen-bond donors (Lipinski definition) is 2. The van der Waals surface area contributed by atoms with Gasteiger partial charge in [0, 0.05) is 44.2 Å². The number of nitrogens with zero attached hydrogens (tertiary/aromatic N) is 1. The van der Waals surface area contributed by atoms with Crippen LogP contribution >= 0.6 is 11.3 Å². The fourth-order valence-corrected chi connectivity index (χ4v) is 2.96. The van der Waals surface area contributed by atoms with Gasteiger partial charge in [0.25, 0.3) is 0 Å². The summed E-state index contributed by atoms with van der Waals surface area (Å²) in [5.41, 5.74) is 0. The van der Waals surface area contributed by atoms with E-state index in [-0.39, 0.29) is 6.03 Å². The first kappa shape index (κ1) is 16.3. The molecular formula is C15H25N3O2S. The third kappa shape index (κ3) is 6.46. The van der Waals surface area contributed by atoms with E-state index >= 15 is 0 Å². The molecule has 5 nitrogen and oxygen atoms in total. The van der Waals surface area contributed by atoms with Crippen molar-refractivity contribution in [1.29, 1.82) is 0 Å². The largest absolute Gasteiger partial charge is 0.383 e. The molecule has 118 valence electrons. The summed E-state index contributed by atoms with van der Waals surface area (Å²) in [5, 5.41) is 7.88. The summed E-state index contributed by atoms with van der Waals surface area (Å²) in [7, 11) is 1.73. The highest BCUT2D eigenvalue weighted by atomic mass is 32.1. The van der Waals surface area contributed by atoms with Gasteiger partial charge in [-0.3, -0.25) is 4.90 Å². The smallest absolute Gasteiger partial charge is 0.314 e. The van der Waals surface area contributed by atoms with E-state index in [1.54, 1.807) is 18.4 Å². The summed E-state index contributed by atoms with van der Waals surface area (Å²) >= 11 is 1.72. The van der Waals surface area contributed by atoms with Crippen molar-refractivity contribution in [3.05, 3.63) is 22.4 Å². The summed E-state index contributed by atoms with van der Waals surface area (Å²) < 4.78 is 5.13. The van der Waals surface area contributed by atoms with Crippen LogP contribution in [0.4, 0.5) is 4.79 Å². The molecule has 1 heterocycles. The van der Waals surface area contributed by atoms with Crippen LogP contribution in [0.5, 0.6) is 0 Å². The van der Waals surface area contributed by atoms with Gasteiger partial charge in [-0.25, -0.2) is 4.79 Å². The molecule has 0 radical (unpaired) electrons. The number of amides is 2. The summed E-state index contributed by atoms with van der Waals surface area (Å²) in [5.74, 6) is 0. The highest BCUT2D eigenvalue weighted by Crippen LogP contribution is 2.25. The van der Waals surface area contributed by atoms with Gasteiger partial charge >= 0.3 is 6.03 Å². The Morgan fingerprint density at radius 1 is 1.38 bits per heavy atom. The zero-order chi connectivity index (χ0) is 14.9. The second-order valence-corrected chi connectivity index (χ2v) is 6.30. The number of methoxy groups -OCH3 is 1. The number of rotatable bonds is 10. The lowest BCUT2D eigenvalue weighted by Gasteiger charge is -2.21. The Balaban J connectivity index is 1.53. The van der Waals surface area contributed by atoms with Crippen molar-refractivity contribution in [2.45, 2.75) is 25.3 Å². The zero-order valence-electron chi connectivity index (χ0n) is 12.6. The van der Waals surface area contributed by atoms with Crippen molar-refractivity contribution in [3.63, 3.8) is 0 Å². The van der Waals surface area contributed by atoms with Gasteiger partial charge < -0.3 is 15.4 Å². The number of urea groups is 1. The molecular weight excluding hydrogens is 286 g/mol. The molecule has 2 rings (SSSR count). The van der Waals surface area contributed by atoms with E-state index in [1.807, 2.05) is 6.07 Å². The average molecular weight is 311 g/mol. The van der Waals surface area contributed by atoms with E-state index in [1.165, 1.54) is 17.7 Å². The summed E-state index contributed by atoms with van der Waals surface area (Å²) in [6.07, 6.45) is 3.45. The standard InChI is InChI=1S/C15H25N3O2S/c1-20-11-10-18(13-4-5-13)9-8-17-15(19)16-7-6-14-3-2-12-21-14/h2-3,12-13H,4-11H2,1H3,(H2,16,17,19). The molecule has 1 aromatic rings. The number of ether oxygens (including phenoxy) is 1. The molecule has 21 heavy (non-hydrogen) atoms. The molecule has 1 aliphatic rings. The molecule has 1 saturated carbocycles. The Labute approximate surface area is 130 Å². The number of nitrogens with one attached hydrogen (secondary N) is 2. The molecule has 2 amide bonds. The average Bonchev–Trinajstić information content (AvgIpc) is 3.19. The van der Waals surface area contributed by atoms with Crippen LogP contribution in [0.15, 0.2) is 17.5 Å². The van der Waals surface area contributed by atoms with Gasteiger partial charge in [0.2, 0.25) is 0 Å². The van der Waals surface area contributed by atoms with Gasteiger partial charge in [-0.15, -0.1) is 11.3 Å². The van der Waals surface area contributed by atoms with Gasteiger partial charge in [-0.1, -0.05) is 6.07 Å². The van der Waals surface area contributed by atoms with Crippen LogP contribution in [0.25, 0.3) is 0 Å². The van der Waals surface area contributed by atoms with Gasteiger partial charge in [0.15, 0.2) is 0 Å². The minimum Gasteiger partial charge on any atom is -0.383 e. The normalized spacial score (nSPS) is 14.4. The summed E-state index contributed by atoms with van der Waals surface area (Å²) in [6, 6.07) is 4.75. The Kier molecular flexibility index (Phi) is 6.99. The quantitative estimate of drug-likeness (QED) is 0.691. The van der Waals surface area contributed by atoms with Crippen molar-refractivity contribution in [3.8, 4) is 0 Å². The van der Waals surface area contributed by atoms with Crippen molar-refractivity contribution in [2.75, 3.05) is 39.9 Å². The highest BCUT2D eigenvalue weighted by Gasteiger charge is 2.28. The van der Waals surface area contributed by atoms with Gasteiger partial charge in [-0.2, -0.15) is 0 Å². The van der Waals surface area contributed by atoms with Gasteiger partial charge in [0.1, 0.15) is 0 Å². The van der Waals surface area contributed by atoms with E-state index in [0.29, 0.717) is 19.1 Å². The number of hydrogen-bond acceptors (Lipinski definition) is 4. The lowest BCUT2D eigenvalue weighted by atomic mass is 10.3. The van der Waals surface area contributed by atoms with E-state index in [4.69, 9.17) is 4.74 Å². The molecule has 0 saturated heterocycles. The van der Waals surface area contributed by atoms with E-state index in [0.717, 1.165) is 26.1 Å². The Morgan fingerprint density at radius 2 is 2.19 bits per heavy atom. The van der Waals surface area contributed by atoms with Crippen LogP contribution in [0.2, 0.25) is 0 Å². The first-order valence-corrected chi connectivity index (χ1v) is 8.44. The molecule has 0 unspecified atom stereocenters. The maximum atomic E-state index is 11.7. The molecule has 6 heteroatoms. The zero-order valence-corrected chi connectivity index (χ0v) is 13.5. The van der Waals surface area contributed by atoms with E-state index < -0.39 is 0 Å². The molecule has 2 N–H and O–H groups in total. The third-order valence-corrected chi connectivity index (χ3v) is 4.50. The van der Waals surface area contributed by atoms with Crippen LogP contribution < -0.4 is 10.6 Å². The SMILES string of the molecule is COCCN(CCNC(=O)NCCc1cccs1)C1CC1. The van der Waals surface area contributed by atoms with Crippen molar-refractivity contribution in [1.82, 2.24) is 15.5 Å². The fraction of sp³-hybridized carbons (Fsp3) is 0.667. The van der Waals surface area contributed by atoms with Crippen molar-refractivity contribution >= 4 is 17.4 Å². The second-order valence-electron chi connectivity index (χ2n) is 5.27. The van der Waals surface area contributed by atoms with Crippen LogP contribution in [0, 0.1) is 0 Å². The minimum absolute atomic E-state index is 0.0750. The predicted molar refractivity (Wildman–Crippen MR) is 85.9 cm³/mol. The van der Waals surface area contributed by atoms with Crippen molar-refractivity contribution in [2.24, 2.45) is 0 Å². The van der Waals surface area contributed by atoms with E-state index in [9.17, 15) is 4.79 Å². The molecule has 0 aliphatic heterocycles. The highest BCUT2D eigenvalue weighted by molar-refractivity contribution is 7.09. The molecule has 1 fully saturated rings. The first-order chi connectivity index (χ1) is 10.3. The topological polar surface area (TPSA) is 53.6 Å². The second kappa shape index (κ2) is 9.02. The minimum atomic E-state index is -0.0750. The number of carbonyl (C=O) groups excluding carboxylic acids is 1. The lowest BCUT2D eigenvalue weighted by Crippen LogP contribution is -2.42. The summed E-state index contributed by atoms with van der Waals surface area (Å²) in [6.45, 7) is 3.96. The number of thiophene rings is 1. The van der Waals surface area contributed by atoms with Crippen LogP contribution in [0.3, 0.4) is 0 Å². The predicted octanol–water partition coefficient (Wildman–Crippen LogP) is 1.70. The maximum absolute atomic E-state index is 11.7. The Morgan fingerprint density at radius 3 is 2.86 bits per heavy atom. The third-order valence-electron chi connectivity index (χ3n) is 3.57. The van der Waals surface area contributed by atoms with E-state index in [2.05, 4.69) is 27.0 Å². The van der Waals surface area contributed by atoms with Crippen molar-refractivity contribution < 1.29 is 9.53 Å². The molecule has 0 atom stereocenters. The van der Waals surface area contributed by atoms with Gasteiger partial charge in [0.05, 0.1) is 6.61 Å². The van der Waals surface area contributed by atoms with Crippen LogP contribution in [0.1, 0.15) is 17.7 Å². The molecule has 1 aliphatic carbocycles. The summed E-state index contributed by atoms with van der Waals surface area (Å²) in [4.78, 5) is 15.4. The number of carbonyl (C=O) groups is 1. The van der Waals surface area contributed by atoms with Crippen LogP contribution in [-0.2, 0) is 11.2 Å². The van der Waals surface area contributed by atoms with Gasteiger partial charge in [-0.05, 0) is 30.7 Å². The molecule has 0 spiro atoms. The first-order valence-electron chi connectivity index (χ1n) is 7.56. The fourth-order valence-electron chi connectivity index (χ4n) is 2.25. The maximum Gasteiger partial charge on any atom is 0.314 e. The Bertz CT molecular complexity index is 407. The molecule has 0 bridgehead atoms.